The Morgan fingerprint density at radius 1 is 1.36 bits per heavy atom. The normalized spacial score (nSPS) is 24.1. The number of para-hydroxylation sites is 1. The number of nitrogens with two attached hydrogens (primary N) is 1. The van der Waals surface area contributed by atoms with E-state index >= 15 is 0 Å². The van der Waals surface area contributed by atoms with Gasteiger partial charge in [-0.1, -0.05) is 30.4 Å². The minimum atomic E-state index is -1.13. The number of thioether (sulfide) groups is 2. The second kappa shape index (κ2) is 9.45. The molecule has 1 aromatic carbocycles. The largest absolute Gasteiger partial charge is 0.492 e. The lowest BCUT2D eigenvalue weighted by Crippen LogP contribution is -2.74. The zero-order chi connectivity index (χ0) is 23.8. The van der Waals surface area contributed by atoms with Crippen LogP contribution in [0.5, 0.6) is 5.88 Å². The number of benzene rings is 1. The minimum absolute atomic E-state index is 0.108. The van der Waals surface area contributed by atoms with Crippen LogP contribution in [0.25, 0.3) is 0 Å². The number of anilines is 1. The van der Waals surface area contributed by atoms with Crippen LogP contribution in [0, 0.1) is 5.41 Å². The van der Waals surface area contributed by atoms with E-state index in [0.717, 1.165) is 11.3 Å². The van der Waals surface area contributed by atoms with Crippen molar-refractivity contribution in [1.82, 2.24) is 15.1 Å². The number of hydrogen-bond acceptors (Lipinski definition) is 9. The number of aliphatic carboxylic acids is 1. The summed E-state index contributed by atoms with van der Waals surface area (Å²) in [7, 11) is 0. The highest BCUT2D eigenvalue weighted by atomic mass is 32.2. The van der Waals surface area contributed by atoms with Gasteiger partial charge < -0.3 is 25.7 Å². The molecular formula is C21H23N5O4S3. The van der Waals surface area contributed by atoms with Crippen LogP contribution in [0.1, 0.15) is 12.5 Å². The summed E-state index contributed by atoms with van der Waals surface area (Å²) in [5, 5.41) is 27.1. The zero-order valence-electron chi connectivity index (χ0n) is 17.7. The monoisotopic (exact) mass is 505 g/mol. The van der Waals surface area contributed by atoms with E-state index in [4.69, 9.17) is 18.0 Å². The molecular weight excluding hydrogens is 482 g/mol. The number of hydrogen-bond donors (Lipinski definition) is 3. The van der Waals surface area contributed by atoms with Crippen LogP contribution in [0.2, 0.25) is 0 Å². The van der Waals surface area contributed by atoms with Crippen molar-refractivity contribution in [3.05, 3.63) is 42.0 Å². The Morgan fingerprint density at radius 3 is 2.76 bits per heavy atom. The SMILES string of the molecule is CC(=S)N(c1ccccc1CN)C1C(=O)N2CC(CSc3ccc(O)nn3)(C(=O)O)CS[C@H]12. The summed E-state index contributed by atoms with van der Waals surface area (Å²) in [5.74, 6) is -0.741. The van der Waals surface area contributed by atoms with E-state index < -0.39 is 17.4 Å². The lowest BCUT2D eigenvalue weighted by atomic mass is 9.89. The highest BCUT2D eigenvalue weighted by molar-refractivity contribution is 8.00. The predicted molar refractivity (Wildman–Crippen MR) is 131 cm³/mol. The molecule has 9 nitrogen and oxygen atoms in total. The van der Waals surface area contributed by atoms with E-state index in [1.807, 2.05) is 29.2 Å². The van der Waals surface area contributed by atoms with Crippen molar-refractivity contribution in [3.63, 3.8) is 0 Å². The molecule has 12 heteroatoms. The molecule has 4 N–H and O–H groups in total. The van der Waals surface area contributed by atoms with E-state index in [1.165, 1.54) is 29.6 Å². The zero-order valence-corrected chi connectivity index (χ0v) is 20.2. The predicted octanol–water partition coefficient (Wildman–Crippen LogP) is 1.94. The Bertz CT molecular complexity index is 1090. The molecule has 3 atom stereocenters. The number of nitrogens with zero attached hydrogens (tertiary/aromatic N) is 4. The second-order valence-electron chi connectivity index (χ2n) is 7.94. The van der Waals surface area contributed by atoms with Crippen LogP contribution in [0.4, 0.5) is 5.69 Å². The van der Waals surface area contributed by atoms with Gasteiger partial charge in [-0.05, 0) is 24.6 Å². The molecule has 2 aliphatic heterocycles. The lowest BCUT2D eigenvalue weighted by Gasteiger charge is -2.56. The third-order valence-corrected chi connectivity index (χ3v) is 8.76. The average Bonchev–Trinajstić information content (AvgIpc) is 2.81. The molecule has 0 radical (unpaired) electrons. The highest BCUT2D eigenvalue weighted by Crippen LogP contribution is 2.46. The highest BCUT2D eigenvalue weighted by Gasteiger charge is 2.59. The molecule has 2 aliphatic rings. The molecule has 2 fully saturated rings. The van der Waals surface area contributed by atoms with E-state index in [0.29, 0.717) is 22.3 Å². The maximum atomic E-state index is 13.3. The van der Waals surface area contributed by atoms with E-state index in [9.17, 15) is 19.8 Å². The Morgan fingerprint density at radius 2 is 2.12 bits per heavy atom. The molecule has 33 heavy (non-hydrogen) atoms. The van der Waals surface area contributed by atoms with Gasteiger partial charge in [0.25, 0.3) is 0 Å². The Kier molecular flexibility index (Phi) is 6.80. The van der Waals surface area contributed by atoms with Gasteiger partial charge in [0.05, 0.1) is 4.99 Å². The summed E-state index contributed by atoms with van der Waals surface area (Å²) in [4.78, 5) is 29.6. The maximum Gasteiger partial charge on any atom is 0.313 e. The Hall–Kier alpha value is -2.41. The minimum Gasteiger partial charge on any atom is -0.492 e. The summed E-state index contributed by atoms with van der Waals surface area (Å²) in [5.41, 5.74) is 6.48. The first kappa shape index (κ1) is 23.7. The van der Waals surface area contributed by atoms with E-state index in [2.05, 4.69) is 10.2 Å². The number of carboxylic acid groups (broad SMARTS) is 1. The van der Waals surface area contributed by atoms with Gasteiger partial charge in [-0.25, -0.2) is 0 Å². The first-order chi connectivity index (χ1) is 15.8. The number of carbonyl (C=O) groups is 2. The van der Waals surface area contributed by atoms with Gasteiger partial charge in [0.2, 0.25) is 11.8 Å². The quantitative estimate of drug-likeness (QED) is 0.290. The van der Waals surface area contributed by atoms with Crippen molar-refractivity contribution in [2.45, 2.75) is 29.9 Å². The first-order valence-electron chi connectivity index (χ1n) is 10.2. The summed E-state index contributed by atoms with van der Waals surface area (Å²) in [6.45, 7) is 2.21. The third kappa shape index (κ3) is 4.39. The molecule has 1 amide bonds. The van der Waals surface area contributed by atoms with Gasteiger partial charge in [-0.15, -0.1) is 33.7 Å². The maximum absolute atomic E-state index is 13.3. The van der Waals surface area contributed by atoms with Gasteiger partial charge in [-0.2, -0.15) is 0 Å². The number of amides is 1. The smallest absolute Gasteiger partial charge is 0.313 e. The van der Waals surface area contributed by atoms with Crippen molar-refractivity contribution >= 4 is 58.3 Å². The molecule has 2 saturated heterocycles. The van der Waals surface area contributed by atoms with Crippen molar-refractivity contribution in [3.8, 4) is 5.88 Å². The number of β-lactam (4-membered cyclic amide) rings is 1. The molecule has 0 saturated carbocycles. The van der Waals surface area contributed by atoms with Crippen LogP contribution < -0.4 is 10.6 Å². The molecule has 2 aromatic rings. The van der Waals surface area contributed by atoms with Crippen LogP contribution in [-0.4, -0.2) is 71.6 Å². The first-order valence-corrected chi connectivity index (χ1v) is 12.6. The van der Waals surface area contributed by atoms with Gasteiger partial charge in [-0.3, -0.25) is 9.59 Å². The molecule has 0 spiro atoms. The van der Waals surface area contributed by atoms with Crippen molar-refractivity contribution in [2.75, 3.05) is 23.0 Å². The van der Waals surface area contributed by atoms with E-state index in [1.54, 1.807) is 17.9 Å². The number of thiocarbonyl (C=S) groups is 1. The van der Waals surface area contributed by atoms with Crippen LogP contribution in [-0.2, 0) is 16.1 Å². The number of fused-ring (bicyclic) bond motifs is 1. The lowest BCUT2D eigenvalue weighted by molar-refractivity contribution is -0.155. The van der Waals surface area contributed by atoms with Crippen molar-refractivity contribution in [2.24, 2.45) is 11.1 Å². The molecule has 4 rings (SSSR count). The van der Waals surface area contributed by atoms with Gasteiger partial charge >= 0.3 is 5.97 Å². The third-order valence-electron chi connectivity index (χ3n) is 5.78. The summed E-state index contributed by atoms with van der Waals surface area (Å²) < 4.78 is 0. The van der Waals surface area contributed by atoms with Crippen LogP contribution >= 0.6 is 35.7 Å². The number of carboxylic acids is 1. The average molecular weight is 506 g/mol. The van der Waals surface area contributed by atoms with Crippen LogP contribution in [0.3, 0.4) is 0 Å². The van der Waals surface area contributed by atoms with Crippen molar-refractivity contribution < 1.29 is 19.8 Å². The molecule has 174 valence electrons. The number of carbonyl (C=O) groups excluding carboxylic acids is 1. The van der Waals surface area contributed by atoms with Gasteiger partial charge in [0.1, 0.15) is 21.9 Å². The summed E-state index contributed by atoms with van der Waals surface area (Å²) in [6, 6.07) is 10.1. The number of aromatic nitrogens is 2. The second-order valence-corrected chi connectivity index (χ2v) is 10.6. The number of rotatable bonds is 7. The van der Waals surface area contributed by atoms with Gasteiger partial charge in [0.15, 0.2) is 0 Å². The molecule has 0 aliphatic carbocycles. The molecule has 0 bridgehead atoms. The number of aromatic hydroxyl groups is 1. The topological polar surface area (TPSA) is 133 Å². The fraction of sp³-hybridized carbons (Fsp3) is 0.381. The standard InChI is InChI=1S/C21H23N5O4S3/c1-12(31)26(14-5-3-2-4-13(14)8-22)17-18(28)25-9-21(20(29)30,11-33-19(17)25)10-32-16-7-6-15(27)23-24-16/h2-7,17,19H,8-11,22H2,1H3,(H,23,27)(H,29,30)/t17?,19-,21?/m1/s1. The summed E-state index contributed by atoms with van der Waals surface area (Å²) in [6.07, 6.45) is 0. The Balaban J connectivity index is 1.53. The van der Waals surface area contributed by atoms with Crippen molar-refractivity contribution in [1.29, 1.82) is 0 Å². The fourth-order valence-corrected chi connectivity index (χ4v) is 6.95. The Labute approximate surface area is 204 Å². The fourth-order valence-electron chi connectivity index (χ4n) is 4.02. The molecule has 2 unspecified atom stereocenters. The summed E-state index contributed by atoms with van der Waals surface area (Å²) >= 11 is 8.20. The molecule has 1 aromatic heterocycles. The van der Waals surface area contributed by atoms with E-state index in [-0.39, 0.29) is 29.5 Å². The van der Waals surface area contributed by atoms with Gasteiger partial charge in [0, 0.05) is 36.3 Å². The van der Waals surface area contributed by atoms with Crippen LogP contribution in [0.15, 0.2) is 41.4 Å². The molecule has 3 heterocycles.